The molecule has 1 unspecified atom stereocenters. The lowest BCUT2D eigenvalue weighted by Crippen LogP contribution is -2.66. The molecular weight excluding hydrogens is 442 g/mol. The number of likely N-dealkylation sites (N-methyl/N-ethyl adjacent to an activating group) is 1. The van der Waals surface area contributed by atoms with Crippen molar-refractivity contribution in [2.75, 3.05) is 34.9 Å². The first-order valence-electron chi connectivity index (χ1n) is 10.7. The van der Waals surface area contributed by atoms with Gasteiger partial charge in [-0.05, 0) is 21.0 Å². The zero-order chi connectivity index (χ0) is 24.9. The molecule has 0 aromatic heterocycles. The van der Waals surface area contributed by atoms with Gasteiger partial charge in [0, 0.05) is 35.0 Å². The molecule has 0 aromatic rings. The first kappa shape index (κ1) is 27.4. The molecule has 0 bridgehead atoms. The number of hydrogen-bond donors (Lipinski definition) is 0. The smallest absolute Gasteiger partial charge is 0.305 e. The van der Waals surface area contributed by atoms with E-state index in [2.05, 4.69) is 0 Å². The van der Waals surface area contributed by atoms with E-state index in [4.69, 9.17) is 37.9 Å². The summed E-state index contributed by atoms with van der Waals surface area (Å²) in [5, 5.41) is 0. The molecule has 33 heavy (non-hydrogen) atoms. The van der Waals surface area contributed by atoms with Gasteiger partial charge in [-0.2, -0.15) is 0 Å². The summed E-state index contributed by atoms with van der Waals surface area (Å²) in [5.41, 5.74) is 0. The largest absolute Gasteiger partial charge is 0.457 e. The predicted octanol–water partition coefficient (Wildman–Crippen LogP) is -0.141. The van der Waals surface area contributed by atoms with Gasteiger partial charge in [0.25, 0.3) is 0 Å². The summed E-state index contributed by atoms with van der Waals surface area (Å²) in [6.45, 7) is 5.63. The minimum absolute atomic E-state index is 0.0943. The van der Waals surface area contributed by atoms with Crippen LogP contribution in [0.2, 0.25) is 0 Å². The van der Waals surface area contributed by atoms with Crippen LogP contribution < -0.4 is 0 Å². The Bertz CT molecular complexity index is 687. The van der Waals surface area contributed by atoms with Crippen LogP contribution in [-0.2, 0) is 52.3 Å². The third-order valence-electron chi connectivity index (χ3n) is 5.48. The number of hydrogen-bond acceptors (Lipinski definition) is 12. The lowest BCUT2D eigenvalue weighted by molar-refractivity contribution is -0.335. The number of rotatable bonds is 8. The van der Waals surface area contributed by atoms with Crippen LogP contribution in [0.5, 0.6) is 0 Å². The van der Waals surface area contributed by atoms with Crippen LogP contribution in [0.15, 0.2) is 0 Å². The van der Waals surface area contributed by atoms with E-state index in [1.807, 2.05) is 0 Å². The van der Waals surface area contributed by atoms with Gasteiger partial charge in [-0.1, -0.05) is 0 Å². The van der Waals surface area contributed by atoms with E-state index in [1.54, 1.807) is 25.9 Å². The monoisotopic (exact) mass is 477 g/mol. The second-order valence-corrected chi connectivity index (χ2v) is 8.20. The molecule has 2 saturated heterocycles. The van der Waals surface area contributed by atoms with E-state index >= 15 is 0 Å². The van der Waals surface area contributed by atoms with Crippen molar-refractivity contribution >= 4 is 17.9 Å². The molecule has 12 nitrogen and oxygen atoms in total. The SMILES string of the molecule is CO[C@H]1[C@H](O[C@H]2[C@H](N(C)C)[C@@H](OC(C)=O)C(OC(C)=O)O[C@@H]2C)OC[C@@H](OC)[C@@H]1OC(C)=O. The molecule has 0 aliphatic carbocycles. The molecule has 9 atom stereocenters. The molecule has 190 valence electrons. The Labute approximate surface area is 193 Å². The summed E-state index contributed by atoms with van der Waals surface area (Å²) in [7, 11) is 6.48. The maximum absolute atomic E-state index is 11.8. The van der Waals surface area contributed by atoms with Gasteiger partial charge in [-0.25, -0.2) is 0 Å². The van der Waals surface area contributed by atoms with E-state index in [0.717, 1.165) is 0 Å². The fraction of sp³-hybridized carbons (Fsp3) is 0.857. The number of carbonyl (C=O) groups is 3. The zero-order valence-electron chi connectivity index (χ0n) is 20.3. The molecule has 2 fully saturated rings. The van der Waals surface area contributed by atoms with Crippen LogP contribution in [0.25, 0.3) is 0 Å². The highest BCUT2D eigenvalue weighted by Gasteiger charge is 2.53. The quantitative estimate of drug-likeness (QED) is 0.341. The van der Waals surface area contributed by atoms with Gasteiger partial charge in [0.1, 0.15) is 18.3 Å². The maximum atomic E-state index is 11.8. The molecule has 0 saturated carbocycles. The van der Waals surface area contributed by atoms with Crippen LogP contribution in [-0.4, -0.2) is 113 Å². The van der Waals surface area contributed by atoms with Crippen molar-refractivity contribution in [3.8, 4) is 0 Å². The van der Waals surface area contributed by atoms with Gasteiger partial charge in [0.2, 0.25) is 6.29 Å². The highest BCUT2D eigenvalue weighted by atomic mass is 16.8. The molecular formula is C21H35NO11. The molecule has 0 radical (unpaired) electrons. The molecule has 0 amide bonds. The summed E-state index contributed by atoms with van der Waals surface area (Å²) < 4.78 is 45.2. The molecule has 2 heterocycles. The van der Waals surface area contributed by atoms with Crippen LogP contribution in [0.4, 0.5) is 0 Å². The van der Waals surface area contributed by atoms with E-state index in [0.29, 0.717) is 0 Å². The fourth-order valence-corrected chi connectivity index (χ4v) is 4.15. The Morgan fingerprint density at radius 3 is 1.85 bits per heavy atom. The summed E-state index contributed by atoms with van der Waals surface area (Å²) in [6.07, 6.45) is -6.46. The second-order valence-electron chi connectivity index (χ2n) is 8.20. The van der Waals surface area contributed by atoms with Gasteiger partial charge in [0.15, 0.2) is 18.5 Å². The van der Waals surface area contributed by atoms with Gasteiger partial charge in [0.05, 0.1) is 18.8 Å². The minimum Gasteiger partial charge on any atom is -0.457 e. The molecule has 2 aliphatic heterocycles. The first-order chi connectivity index (χ1) is 15.5. The fourth-order valence-electron chi connectivity index (χ4n) is 4.15. The van der Waals surface area contributed by atoms with Gasteiger partial charge in [-0.3, -0.25) is 14.4 Å². The molecule has 2 rings (SSSR count). The molecule has 2 aliphatic rings. The third-order valence-corrected chi connectivity index (χ3v) is 5.48. The van der Waals surface area contributed by atoms with Crippen molar-refractivity contribution in [1.29, 1.82) is 0 Å². The summed E-state index contributed by atoms with van der Waals surface area (Å²) in [4.78, 5) is 36.9. The van der Waals surface area contributed by atoms with Crippen molar-refractivity contribution in [3.63, 3.8) is 0 Å². The van der Waals surface area contributed by atoms with E-state index < -0.39 is 73.2 Å². The van der Waals surface area contributed by atoms with Crippen LogP contribution >= 0.6 is 0 Å². The average molecular weight is 478 g/mol. The van der Waals surface area contributed by atoms with E-state index in [9.17, 15) is 14.4 Å². The van der Waals surface area contributed by atoms with Crippen molar-refractivity contribution in [1.82, 2.24) is 4.90 Å². The van der Waals surface area contributed by atoms with Crippen molar-refractivity contribution in [2.24, 2.45) is 0 Å². The first-order valence-corrected chi connectivity index (χ1v) is 10.7. The molecule has 12 heteroatoms. The summed E-state index contributed by atoms with van der Waals surface area (Å²) in [5.74, 6) is -1.64. The number of nitrogens with zero attached hydrogens (tertiary/aromatic N) is 1. The lowest BCUT2D eigenvalue weighted by Gasteiger charge is -2.49. The zero-order valence-corrected chi connectivity index (χ0v) is 20.3. The predicted molar refractivity (Wildman–Crippen MR) is 111 cm³/mol. The Balaban J connectivity index is 2.33. The lowest BCUT2D eigenvalue weighted by atomic mass is 9.94. The normalized spacial score (nSPS) is 36.8. The van der Waals surface area contributed by atoms with Gasteiger partial charge < -0.3 is 42.8 Å². The van der Waals surface area contributed by atoms with Crippen LogP contribution in [0.1, 0.15) is 27.7 Å². The topological polar surface area (TPSA) is 128 Å². The maximum Gasteiger partial charge on any atom is 0.305 e. The van der Waals surface area contributed by atoms with E-state index in [-0.39, 0.29) is 6.61 Å². The van der Waals surface area contributed by atoms with E-state index in [1.165, 1.54) is 35.0 Å². The Morgan fingerprint density at radius 1 is 0.788 bits per heavy atom. The van der Waals surface area contributed by atoms with Crippen LogP contribution in [0, 0.1) is 0 Å². The summed E-state index contributed by atoms with van der Waals surface area (Å²) >= 11 is 0. The highest BCUT2D eigenvalue weighted by molar-refractivity contribution is 5.67. The van der Waals surface area contributed by atoms with Crippen molar-refractivity contribution in [2.45, 2.75) is 82.9 Å². The number of ether oxygens (including phenoxy) is 8. The van der Waals surface area contributed by atoms with Gasteiger partial charge >= 0.3 is 17.9 Å². The third kappa shape index (κ3) is 6.84. The standard InChI is InChI=1S/C21H35NO11/c1-10-16(15(22(5)6)18(31-12(3)24)21(29-10)32-13(4)25)33-20-19(27-8)17(30-11(2)23)14(26-7)9-28-20/h10,14-21H,9H2,1-8H3/t10-,14-,15+,16-,17+,18-,19-,20+,21?/m1/s1. The van der Waals surface area contributed by atoms with Crippen molar-refractivity contribution < 1.29 is 52.3 Å². The number of methoxy groups -OCH3 is 2. The molecule has 0 N–H and O–H groups in total. The Hall–Kier alpha value is -1.83. The van der Waals surface area contributed by atoms with Gasteiger partial charge in [-0.15, -0.1) is 0 Å². The molecule has 0 aromatic carbocycles. The highest BCUT2D eigenvalue weighted by Crippen LogP contribution is 2.33. The summed E-state index contributed by atoms with van der Waals surface area (Å²) in [6, 6.07) is -0.574. The Morgan fingerprint density at radius 2 is 1.36 bits per heavy atom. The van der Waals surface area contributed by atoms with Crippen LogP contribution in [0.3, 0.4) is 0 Å². The Kier molecular flexibility index (Phi) is 10.0. The molecule has 0 spiro atoms. The minimum atomic E-state index is -1.12. The number of carbonyl (C=O) groups excluding carboxylic acids is 3. The second kappa shape index (κ2) is 12.0. The van der Waals surface area contributed by atoms with Crippen molar-refractivity contribution in [3.05, 3.63) is 0 Å². The average Bonchev–Trinajstić information content (AvgIpc) is 2.70. The number of esters is 3.